The van der Waals surface area contributed by atoms with Gasteiger partial charge in [-0.05, 0) is 36.2 Å². The van der Waals surface area contributed by atoms with Gasteiger partial charge in [0, 0.05) is 17.4 Å². The molecule has 0 atom stereocenters. The molecule has 126 valence electrons. The first kappa shape index (κ1) is 16.0. The Hall–Kier alpha value is -3.46. The van der Waals surface area contributed by atoms with E-state index in [4.69, 9.17) is 0 Å². The zero-order valence-electron chi connectivity index (χ0n) is 14.6. The third-order valence-corrected chi connectivity index (χ3v) is 4.25. The topological polar surface area (TPSA) is 37.8 Å². The number of aryl methyl sites for hydroxylation is 1. The SMILES string of the molecule is Cc1ccc(Nc2nccc(-c3ccc(-c4ccccc4)cc3)n2)cc1. The summed E-state index contributed by atoms with van der Waals surface area (Å²) < 4.78 is 0. The van der Waals surface area contributed by atoms with Crippen LogP contribution in [0.5, 0.6) is 0 Å². The van der Waals surface area contributed by atoms with Crippen molar-refractivity contribution in [1.82, 2.24) is 9.97 Å². The van der Waals surface area contributed by atoms with Crippen LogP contribution >= 0.6 is 0 Å². The van der Waals surface area contributed by atoms with Crippen LogP contribution in [0.1, 0.15) is 5.56 Å². The Labute approximate surface area is 153 Å². The fraction of sp³-hybridized carbons (Fsp3) is 0.0435. The van der Waals surface area contributed by atoms with Crippen LogP contribution in [-0.2, 0) is 0 Å². The van der Waals surface area contributed by atoms with Gasteiger partial charge in [-0.25, -0.2) is 9.97 Å². The molecule has 0 saturated heterocycles. The Balaban J connectivity index is 1.57. The lowest BCUT2D eigenvalue weighted by atomic mass is 10.0. The van der Waals surface area contributed by atoms with Crippen molar-refractivity contribution < 1.29 is 0 Å². The van der Waals surface area contributed by atoms with Crippen LogP contribution in [0.15, 0.2) is 91.1 Å². The largest absolute Gasteiger partial charge is 0.324 e. The minimum absolute atomic E-state index is 0.596. The molecule has 0 bridgehead atoms. The molecule has 0 unspecified atom stereocenters. The molecule has 1 N–H and O–H groups in total. The molecule has 3 aromatic carbocycles. The van der Waals surface area contributed by atoms with Crippen LogP contribution in [0.25, 0.3) is 22.4 Å². The van der Waals surface area contributed by atoms with Crippen LogP contribution < -0.4 is 5.32 Å². The Bertz CT molecular complexity index is 992. The first-order valence-electron chi connectivity index (χ1n) is 8.60. The van der Waals surface area contributed by atoms with Crippen LogP contribution in [0.2, 0.25) is 0 Å². The summed E-state index contributed by atoms with van der Waals surface area (Å²) in [4.78, 5) is 8.97. The maximum absolute atomic E-state index is 4.64. The number of hydrogen-bond acceptors (Lipinski definition) is 3. The van der Waals surface area contributed by atoms with Crippen LogP contribution in [-0.4, -0.2) is 9.97 Å². The van der Waals surface area contributed by atoms with E-state index in [0.717, 1.165) is 16.9 Å². The number of hydrogen-bond donors (Lipinski definition) is 1. The summed E-state index contributed by atoms with van der Waals surface area (Å²) in [5, 5.41) is 3.26. The van der Waals surface area contributed by atoms with E-state index in [2.05, 4.69) is 82.9 Å². The summed E-state index contributed by atoms with van der Waals surface area (Å²) in [5.74, 6) is 0.596. The molecule has 0 amide bonds. The Morgan fingerprint density at radius 3 is 2.04 bits per heavy atom. The predicted octanol–water partition coefficient (Wildman–Crippen LogP) is 5.86. The van der Waals surface area contributed by atoms with E-state index < -0.39 is 0 Å². The van der Waals surface area contributed by atoms with E-state index in [1.54, 1.807) is 6.20 Å². The molecule has 1 heterocycles. The molecule has 3 nitrogen and oxygen atoms in total. The second kappa shape index (κ2) is 7.19. The van der Waals surface area contributed by atoms with Crippen LogP contribution in [0, 0.1) is 6.92 Å². The molecule has 0 radical (unpaired) electrons. The monoisotopic (exact) mass is 337 g/mol. The normalized spacial score (nSPS) is 10.5. The summed E-state index contributed by atoms with van der Waals surface area (Å²) in [6.45, 7) is 2.07. The lowest BCUT2D eigenvalue weighted by Crippen LogP contribution is -1.97. The lowest BCUT2D eigenvalue weighted by molar-refractivity contribution is 1.17. The second-order valence-electron chi connectivity index (χ2n) is 6.20. The molecule has 3 heteroatoms. The van der Waals surface area contributed by atoms with Gasteiger partial charge in [-0.2, -0.15) is 0 Å². The first-order chi connectivity index (χ1) is 12.8. The van der Waals surface area contributed by atoms with Crippen molar-refractivity contribution in [2.45, 2.75) is 6.92 Å². The predicted molar refractivity (Wildman–Crippen MR) is 107 cm³/mol. The minimum atomic E-state index is 0.596. The highest BCUT2D eigenvalue weighted by atomic mass is 15.1. The zero-order chi connectivity index (χ0) is 17.8. The van der Waals surface area contributed by atoms with Gasteiger partial charge in [0.05, 0.1) is 5.69 Å². The van der Waals surface area contributed by atoms with Gasteiger partial charge < -0.3 is 5.32 Å². The fourth-order valence-corrected chi connectivity index (χ4v) is 2.81. The number of anilines is 2. The van der Waals surface area contributed by atoms with Crippen molar-refractivity contribution in [3.63, 3.8) is 0 Å². The van der Waals surface area contributed by atoms with E-state index in [0.29, 0.717) is 5.95 Å². The highest BCUT2D eigenvalue weighted by Crippen LogP contribution is 2.24. The van der Waals surface area contributed by atoms with Gasteiger partial charge in [0.25, 0.3) is 0 Å². The second-order valence-corrected chi connectivity index (χ2v) is 6.20. The molecule has 4 rings (SSSR count). The van der Waals surface area contributed by atoms with E-state index in [1.807, 2.05) is 24.3 Å². The quantitative estimate of drug-likeness (QED) is 0.506. The molecular formula is C23H19N3. The Morgan fingerprint density at radius 1 is 0.654 bits per heavy atom. The molecule has 0 aliphatic heterocycles. The van der Waals surface area contributed by atoms with E-state index in [-0.39, 0.29) is 0 Å². The zero-order valence-corrected chi connectivity index (χ0v) is 14.6. The highest BCUT2D eigenvalue weighted by Gasteiger charge is 2.04. The Morgan fingerprint density at radius 2 is 1.31 bits per heavy atom. The Kier molecular flexibility index (Phi) is 4.44. The number of aromatic nitrogens is 2. The maximum Gasteiger partial charge on any atom is 0.227 e. The molecular weight excluding hydrogens is 318 g/mol. The van der Waals surface area contributed by atoms with E-state index >= 15 is 0 Å². The molecule has 0 aliphatic carbocycles. The van der Waals surface area contributed by atoms with Crippen molar-refractivity contribution in [1.29, 1.82) is 0 Å². The van der Waals surface area contributed by atoms with Gasteiger partial charge in [-0.3, -0.25) is 0 Å². The first-order valence-corrected chi connectivity index (χ1v) is 8.60. The third kappa shape index (κ3) is 3.62. The van der Waals surface area contributed by atoms with Gasteiger partial charge in [0.15, 0.2) is 0 Å². The lowest BCUT2D eigenvalue weighted by Gasteiger charge is -2.08. The average molecular weight is 337 g/mol. The summed E-state index contributed by atoms with van der Waals surface area (Å²) in [6, 6.07) is 28.9. The van der Waals surface area contributed by atoms with Gasteiger partial charge in [0.2, 0.25) is 5.95 Å². The molecule has 0 saturated carbocycles. The number of nitrogens with zero attached hydrogens (tertiary/aromatic N) is 2. The summed E-state index contributed by atoms with van der Waals surface area (Å²) >= 11 is 0. The van der Waals surface area contributed by atoms with Crippen LogP contribution in [0.3, 0.4) is 0 Å². The van der Waals surface area contributed by atoms with Crippen molar-refractivity contribution in [2.24, 2.45) is 0 Å². The third-order valence-electron chi connectivity index (χ3n) is 4.25. The number of benzene rings is 3. The molecule has 0 aliphatic rings. The molecule has 1 aromatic heterocycles. The van der Waals surface area contributed by atoms with Gasteiger partial charge in [0.1, 0.15) is 0 Å². The standard InChI is InChI=1S/C23H19N3/c1-17-7-13-21(14-8-17)25-23-24-16-15-22(26-23)20-11-9-19(10-12-20)18-5-3-2-4-6-18/h2-16H,1H3,(H,24,25,26). The highest BCUT2D eigenvalue weighted by molar-refractivity contribution is 5.69. The van der Waals surface area contributed by atoms with Crippen molar-refractivity contribution in [2.75, 3.05) is 5.32 Å². The minimum Gasteiger partial charge on any atom is -0.324 e. The molecule has 4 aromatic rings. The van der Waals surface area contributed by atoms with E-state index in [1.165, 1.54) is 16.7 Å². The van der Waals surface area contributed by atoms with Crippen molar-refractivity contribution in [3.8, 4) is 22.4 Å². The summed E-state index contributed by atoms with van der Waals surface area (Å²) in [6.07, 6.45) is 1.78. The van der Waals surface area contributed by atoms with Gasteiger partial charge >= 0.3 is 0 Å². The number of nitrogens with one attached hydrogen (secondary N) is 1. The van der Waals surface area contributed by atoms with Gasteiger partial charge in [-0.1, -0.05) is 72.3 Å². The van der Waals surface area contributed by atoms with E-state index in [9.17, 15) is 0 Å². The van der Waals surface area contributed by atoms with Crippen LogP contribution in [0.4, 0.5) is 11.6 Å². The number of rotatable bonds is 4. The molecule has 0 spiro atoms. The maximum atomic E-state index is 4.64. The summed E-state index contributed by atoms with van der Waals surface area (Å²) in [7, 11) is 0. The average Bonchev–Trinajstić information content (AvgIpc) is 2.71. The summed E-state index contributed by atoms with van der Waals surface area (Å²) in [5.41, 5.74) is 6.58. The molecule has 0 fully saturated rings. The van der Waals surface area contributed by atoms with Crippen molar-refractivity contribution in [3.05, 3.63) is 96.7 Å². The van der Waals surface area contributed by atoms with Gasteiger partial charge in [-0.15, -0.1) is 0 Å². The molecule has 26 heavy (non-hydrogen) atoms. The fourth-order valence-electron chi connectivity index (χ4n) is 2.81. The van der Waals surface area contributed by atoms with Crippen molar-refractivity contribution >= 4 is 11.6 Å². The smallest absolute Gasteiger partial charge is 0.227 e.